The molecule has 0 bridgehead atoms. The number of aliphatic imine (C=N–C) groups is 1. The van der Waals surface area contributed by atoms with Gasteiger partial charge in [0.1, 0.15) is 11.4 Å². The zero-order valence-electron chi connectivity index (χ0n) is 12.6. The van der Waals surface area contributed by atoms with E-state index in [9.17, 15) is 14.4 Å². The van der Waals surface area contributed by atoms with Crippen LogP contribution in [-0.2, 0) is 4.79 Å². The van der Waals surface area contributed by atoms with Gasteiger partial charge in [0.05, 0.1) is 6.20 Å². The third kappa shape index (κ3) is 2.83. The van der Waals surface area contributed by atoms with Crippen molar-refractivity contribution in [3.63, 3.8) is 0 Å². The summed E-state index contributed by atoms with van der Waals surface area (Å²) in [6.45, 7) is 0. The molecular formula is C16H10ClN5O3. The number of nitrogens with one attached hydrogen (secondary N) is 1. The van der Waals surface area contributed by atoms with Gasteiger partial charge in [0.15, 0.2) is 0 Å². The summed E-state index contributed by atoms with van der Waals surface area (Å²) in [6.07, 6.45) is 9.14. The SMILES string of the molecule is O=C(C1=NC=CNC1(C(=O)Cl)C(=O)c1cnccn1)c1cccnc1. The van der Waals surface area contributed by atoms with E-state index >= 15 is 0 Å². The fourth-order valence-electron chi connectivity index (χ4n) is 2.32. The second kappa shape index (κ2) is 6.70. The Morgan fingerprint density at radius 2 is 1.88 bits per heavy atom. The van der Waals surface area contributed by atoms with E-state index in [1.165, 1.54) is 49.5 Å². The minimum atomic E-state index is -2.20. The number of nitrogens with zero attached hydrogens (tertiary/aromatic N) is 4. The number of hydrogen-bond donors (Lipinski definition) is 1. The van der Waals surface area contributed by atoms with Crippen LogP contribution in [0.4, 0.5) is 0 Å². The molecule has 8 nitrogen and oxygen atoms in total. The Bertz CT molecular complexity index is 899. The number of pyridine rings is 1. The monoisotopic (exact) mass is 355 g/mol. The van der Waals surface area contributed by atoms with Gasteiger partial charge >= 0.3 is 0 Å². The minimum absolute atomic E-state index is 0.133. The van der Waals surface area contributed by atoms with Gasteiger partial charge in [0.25, 0.3) is 5.24 Å². The van der Waals surface area contributed by atoms with Crippen molar-refractivity contribution in [3.8, 4) is 0 Å². The molecule has 2 aromatic rings. The van der Waals surface area contributed by atoms with Crippen LogP contribution in [0.2, 0.25) is 0 Å². The van der Waals surface area contributed by atoms with E-state index in [2.05, 4.69) is 25.3 Å². The van der Waals surface area contributed by atoms with Gasteiger partial charge < -0.3 is 5.32 Å². The van der Waals surface area contributed by atoms with Crippen LogP contribution in [0.25, 0.3) is 0 Å². The average Bonchev–Trinajstić information content (AvgIpc) is 2.68. The van der Waals surface area contributed by atoms with E-state index in [-0.39, 0.29) is 17.0 Å². The number of carbonyl (C=O) groups is 3. The molecule has 0 radical (unpaired) electrons. The molecule has 9 heteroatoms. The molecule has 0 spiro atoms. The quantitative estimate of drug-likeness (QED) is 0.482. The van der Waals surface area contributed by atoms with Crippen LogP contribution in [0.5, 0.6) is 0 Å². The van der Waals surface area contributed by atoms with Crippen LogP contribution in [0.3, 0.4) is 0 Å². The highest BCUT2D eigenvalue weighted by Gasteiger charge is 2.53. The first-order valence-corrected chi connectivity index (χ1v) is 7.41. The molecule has 1 atom stereocenters. The highest BCUT2D eigenvalue weighted by atomic mass is 35.5. The summed E-state index contributed by atoms with van der Waals surface area (Å²) in [5, 5.41) is 1.47. The Balaban J connectivity index is 2.13. The molecule has 0 saturated carbocycles. The van der Waals surface area contributed by atoms with Gasteiger partial charge in [0, 0.05) is 42.8 Å². The molecule has 25 heavy (non-hydrogen) atoms. The lowest BCUT2D eigenvalue weighted by atomic mass is 9.83. The first-order chi connectivity index (χ1) is 12.1. The van der Waals surface area contributed by atoms with Crippen LogP contribution >= 0.6 is 11.6 Å². The average molecular weight is 356 g/mol. The van der Waals surface area contributed by atoms with Crippen LogP contribution in [0.1, 0.15) is 20.8 Å². The van der Waals surface area contributed by atoms with Crippen molar-refractivity contribution >= 4 is 34.1 Å². The second-order valence-electron chi connectivity index (χ2n) is 4.95. The molecule has 1 unspecified atom stereocenters. The van der Waals surface area contributed by atoms with Crippen LogP contribution in [0.15, 0.2) is 60.5 Å². The van der Waals surface area contributed by atoms with E-state index in [0.717, 1.165) is 0 Å². The highest BCUT2D eigenvalue weighted by molar-refractivity contribution is 6.75. The molecule has 0 fully saturated rings. The molecule has 1 aliphatic heterocycles. The Morgan fingerprint density at radius 1 is 1.08 bits per heavy atom. The third-order valence-corrected chi connectivity index (χ3v) is 3.79. The number of carbonyl (C=O) groups excluding carboxylic acids is 3. The number of halogens is 1. The number of ketones is 2. The maximum atomic E-state index is 13.0. The van der Waals surface area contributed by atoms with Crippen molar-refractivity contribution in [1.29, 1.82) is 0 Å². The van der Waals surface area contributed by atoms with Gasteiger partial charge in [-0.05, 0) is 23.7 Å². The predicted molar refractivity (Wildman–Crippen MR) is 88.2 cm³/mol. The fraction of sp³-hybridized carbons (Fsp3) is 0.0625. The largest absolute Gasteiger partial charge is 0.365 e. The van der Waals surface area contributed by atoms with Crippen LogP contribution in [-0.4, -0.2) is 43.0 Å². The second-order valence-corrected chi connectivity index (χ2v) is 5.30. The van der Waals surface area contributed by atoms with Gasteiger partial charge in [-0.3, -0.25) is 29.3 Å². The first kappa shape index (κ1) is 16.6. The van der Waals surface area contributed by atoms with Crippen molar-refractivity contribution in [2.45, 2.75) is 5.54 Å². The van der Waals surface area contributed by atoms with Crippen molar-refractivity contribution in [3.05, 3.63) is 66.8 Å². The summed E-state index contributed by atoms with van der Waals surface area (Å²) in [7, 11) is 0. The Morgan fingerprint density at radius 3 is 2.52 bits per heavy atom. The summed E-state index contributed by atoms with van der Waals surface area (Å²) in [5.41, 5.74) is -2.53. The zero-order valence-corrected chi connectivity index (χ0v) is 13.3. The summed E-state index contributed by atoms with van der Waals surface area (Å²) in [6, 6.07) is 3.04. The van der Waals surface area contributed by atoms with Crippen molar-refractivity contribution in [1.82, 2.24) is 20.3 Å². The number of rotatable bonds is 5. The molecule has 124 valence electrons. The van der Waals surface area contributed by atoms with Gasteiger partial charge in [-0.1, -0.05) is 0 Å². The zero-order chi connectivity index (χ0) is 17.9. The molecule has 1 N–H and O–H groups in total. The van der Waals surface area contributed by atoms with Gasteiger partial charge in [-0.2, -0.15) is 0 Å². The molecule has 3 heterocycles. The van der Waals surface area contributed by atoms with Gasteiger partial charge in [-0.15, -0.1) is 0 Å². The third-order valence-electron chi connectivity index (χ3n) is 3.50. The molecule has 0 aliphatic carbocycles. The van der Waals surface area contributed by atoms with Gasteiger partial charge in [0.2, 0.25) is 17.1 Å². The fourth-order valence-corrected chi connectivity index (χ4v) is 2.55. The summed E-state index contributed by atoms with van der Waals surface area (Å²) >= 11 is 5.73. The molecule has 0 aromatic carbocycles. The molecule has 3 rings (SSSR count). The van der Waals surface area contributed by atoms with E-state index in [1.807, 2.05) is 0 Å². The Labute approximate surface area is 146 Å². The Hall–Kier alpha value is -3.26. The summed E-state index contributed by atoms with van der Waals surface area (Å²) in [4.78, 5) is 53.5. The van der Waals surface area contributed by atoms with Crippen LogP contribution in [0, 0.1) is 0 Å². The van der Waals surface area contributed by atoms with E-state index in [0.29, 0.717) is 0 Å². The molecular weight excluding hydrogens is 346 g/mol. The normalized spacial score (nSPS) is 18.8. The van der Waals surface area contributed by atoms with E-state index in [4.69, 9.17) is 11.6 Å². The van der Waals surface area contributed by atoms with Crippen LogP contribution < -0.4 is 5.32 Å². The number of Topliss-reactive ketones (excluding diaryl/α,β-unsaturated/α-hetero) is 2. The maximum Gasteiger partial charge on any atom is 0.261 e. The predicted octanol–water partition coefficient (Wildman–Crippen LogP) is 0.957. The summed E-state index contributed by atoms with van der Waals surface area (Å²) < 4.78 is 0. The molecule has 2 aromatic heterocycles. The van der Waals surface area contributed by atoms with E-state index < -0.39 is 22.3 Å². The van der Waals surface area contributed by atoms with Crippen molar-refractivity contribution < 1.29 is 14.4 Å². The first-order valence-electron chi connectivity index (χ1n) is 7.04. The van der Waals surface area contributed by atoms with Crippen molar-refractivity contribution in [2.75, 3.05) is 0 Å². The highest BCUT2D eigenvalue weighted by Crippen LogP contribution is 2.23. The lowest BCUT2D eigenvalue weighted by molar-refractivity contribution is -0.113. The van der Waals surface area contributed by atoms with Crippen molar-refractivity contribution in [2.24, 2.45) is 4.99 Å². The Kier molecular flexibility index (Phi) is 4.44. The molecule has 0 amide bonds. The van der Waals surface area contributed by atoms with E-state index in [1.54, 1.807) is 6.07 Å². The number of aromatic nitrogens is 3. The van der Waals surface area contributed by atoms with Gasteiger partial charge in [-0.25, -0.2) is 4.98 Å². The topological polar surface area (TPSA) is 114 Å². The lowest BCUT2D eigenvalue weighted by Gasteiger charge is -2.30. The molecule has 1 aliphatic rings. The molecule has 0 saturated heterocycles. The summed E-state index contributed by atoms with van der Waals surface area (Å²) in [5.74, 6) is -1.49. The maximum absolute atomic E-state index is 13.0. The smallest absolute Gasteiger partial charge is 0.261 e. The lowest BCUT2D eigenvalue weighted by Crippen LogP contribution is -2.63. The minimum Gasteiger partial charge on any atom is -0.365 e. The number of hydrogen-bond acceptors (Lipinski definition) is 8. The standard InChI is InChI=1S/C16H10ClN5O3/c17-15(25)16(14(24)11-9-19-4-5-20-11)13(21-6-7-22-16)12(23)10-2-1-3-18-8-10/h1-9,22H.